The number of thioether (sulfide) groups is 1. The molecule has 2 aromatic carbocycles. The standard InChI is InChI=1S/C27H26N6O3S/c1-17-12-14-20(15-13-17)32-24(22-11-8-16-36-22)29-30-27(32)37-19(3)25(34)28-23-18(2)31(4)33(26(23)35)21-9-6-5-7-10-21/h5-16,19H,1-4H3,(H,28,34). The summed E-state index contributed by atoms with van der Waals surface area (Å²) in [5.41, 5.74) is 3.30. The topological polar surface area (TPSA) is 99.9 Å². The predicted octanol–water partition coefficient (Wildman–Crippen LogP) is 4.75. The zero-order valence-electron chi connectivity index (χ0n) is 20.9. The van der Waals surface area contributed by atoms with Gasteiger partial charge in [0.05, 0.1) is 22.9 Å². The monoisotopic (exact) mass is 514 g/mol. The number of nitrogens with one attached hydrogen (secondary N) is 1. The Morgan fingerprint density at radius 3 is 2.38 bits per heavy atom. The van der Waals surface area contributed by atoms with Crippen LogP contribution in [-0.4, -0.2) is 35.3 Å². The van der Waals surface area contributed by atoms with Crippen LogP contribution in [0.15, 0.2) is 87.4 Å². The quantitative estimate of drug-likeness (QED) is 0.315. The number of benzene rings is 2. The average Bonchev–Trinajstić information content (AvgIpc) is 3.62. The molecule has 5 aromatic rings. The van der Waals surface area contributed by atoms with Gasteiger partial charge in [0, 0.05) is 12.7 Å². The van der Waals surface area contributed by atoms with Gasteiger partial charge in [0.25, 0.3) is 5.56 Å². The molecule has 3 heterocycles. The number of hydrogen-bond acceptors (Lipinski definition) is 6. The lowest BCUT2D eigenvalue weighted by Gasteiger charge is -2.13. The number of carbonyl (C=O) groups excluding carboxylic acids is 1. The Balaban J connectivity index is 1.43. The third-order valence-corrected chi connectivity index (χ3v) is 7.16. The summed E-state index contributed by atoms with van der Waals surface area (Å²) < 4.78 is 10.7. The largest absolute Gasteiger partial charge is 0.461 e. The third kappa shape index (κ3) is 4.63. The maximum Gasteiger partial charge on any atom is 0.295 e. The Labute approximate surface area is 217 Å². The Bertz CT molecular complexity index is 1600. The van der Waals surface area contributed by atoms with Crippen molar-refractivity contribution in [3.63, 3.8) is 0 Å². The van der Waals surface area contributed by atoms with Crippen LogP contribution in [0.5, 0.6) is 0 Å². The second-order valence-electron chi connectivity index (χ2n) is 8.64. The summed E-state index contributed by atoms with van der Waals surface area (Å²) in [5.74, 6) is 0.793. The lowest BCUT2D eigenvalue weighted by atomic mass is 10.2. The highest BCUT2D eigenvalue weighted by molar-refractivity contribution is 8.00. The molecule has 0 saturated heterocycles. The molecule has 1 amide bonds. The second-order valence-corrected chi connectivity index (χ2v) is 9.95. The van der Waals surface area contributed by atoms with Crippen LogP contribution >= 0.6 is 11.8 Å². The number of anilines is 1. The van der Waals surface area contributed by atoms with Crippen molar-refractivity contribution in [1.82, 2.24) is 24.1 Å². The van der Waals surface area contributed by atoms with Gasteiger partial charge in [-0.15, -0.1) is 10.2 Å². The summed E-state index contributed by atoms with van der Waals surface area (Å²) >= 11 is 1.25. The van der Waals surface area contributed by atoms with Gasteiger partial charge in [-0.1, -0.05) is 47.7 Å². The molecule has 1 unspecified atom stereocenters. The molecular weight excluding hydrogens is 488 g/mol. The van der Waals surface area contributed by atoms with Crippen LogP contribution in [0.4, 0.5) is 5.69 Å². The number of nitrogens with zero attached hydrogens (tertiary/aromatic N) is 5. The first-order valence-corrected chi connectivity index (χ1v) is 12.6. The minimum Gasteiger partial charge on any atom is -0.461 e. The van der Waals surface area contributed by atoms with E-state index in [0.717, 1.165) is 16.9 Å². The fraction of sp³-hybridized carbons (Fsp3) is 0.185. The van der Waals surface area contributed by atoms with E-state index in [2.05, 4.69) is 15.5 Å². The van der Waals surface area contributed by atoms with E-state index < -0.39 is 5.25 Å². The third-order valence-electron chi connectivity index (χ3n) is 6.12. The summed E-state index contributed by atoms with van der Waals surface area (Å²) in [6.45, 7) is 5.59. The van der Waals surface area contributed by atoms with Crippen molar-refractivity contribution in [2.24, 2.45) is 7.05 Å². The van der Waals surface area contributed by atoms with Crippen molar-refractivity contribution >= 4 is 23.4 Å². The van der Waals surface area contributed by atoms with E-state index in [9.17, 15) is 9.59 Å². The van der Waals surface area contributed by atoms with Gasteiger partial charge < -0.3 is 9.73 Å². The molecule has 1 N–H and O–H groups in total. The maximum atomic E-state index is 13.2. The van der Waals surface area contributed by atoms with Crippen LogP contribution in [0.2, 0.25) is 0 Å². The summed E-state index contributed by atoms with van der Waals surface area (Å²) in [5, 5.41) is 11.5. The van der Waals surface area contributed by atoms with Gasteiger partial charge in [-0.2, -0.15) is 0 Å². The average molecular weight is 515 g/mol. The van der Waals surface area contributed by atoms with Crippen molar-refractivity contribution in [3.05, 3.63) is 94.6 Å². The van der Waals surface area contributed by atoms with E-state index in [1.807, 2.05) is 72.2 Å². The molecule has 5 rings (SSSR count). The Morgan fingerprint density at radius 2 is 1.70 bits per heavy atom. The van der Waals surface area contributed by atoms with Crippen LogP contribution in [-0.2, 0) is 11.8 Å². The van der Waals surface area contributed by atoms with Crippen molar-refractivity contribution in [2.45, 2.75) is 31.2 Å². The molecule has 1 atom stereocenters. The Morgan fingerprint density at radius 1 is 0.973 bits per heavy atom. The fourth-order valence-electron chi connectivity index (χ4n) is 3.99. The second kappa shape index (κ2) is 9.98. The molecule has 9 nitrogen and oxygen atoms in total. The fourth-order valence-corrected chi connectivity index (χ4v) is 4.85. The lowest BCUT2D eigenvalue weighted by molar-refractivity contribution is -0.115. The summed E-state index contributed by atoms with van der Waals surface area (Å²) in [4.78, 5) is 26.5. The van der Waals surface area contributed by atoms with Crippen LogP contribution in [0.25, 0.3) is 23.0 Å². The number of carbonyl (C=O) groups is 1. The summed E-state index contributed by atoms with van der Waals surface area (Å²) in [6, 6.07) is 20.9. The highest BCUT2D eigenvalue weighted by atomic mass is 32.2. The molecule has 10 heteroatoms. The first-order valence-electron chi connectivity index (χ1n) is 11.7. The smallest absolute Gasteiger partial charge is 0.295 e. The van der Waals surface area contributed by atoms with Crippen molar-refractivity contribution < 1.29 is 9.21 Å². The number of aryl methyl sites for hydroxylation is 1. The number of furan rings is 1. The van der Waals surface area contributed by atoms with E-state index in [1.54, 1.807) is 37.9 Å². The van der Waals surface area contributed by atoms with Crippen molar-refractivity contribution in [2.75, 3.05) is 5.32 Å². The summed E-state index contributed by atoms with van der Waals surface area (Å²) in [7, 11) is 1.79. The number of rotatable bonds is 7. The van der Waals surface area contributed by atoms with Gasteiger partial charge in [-0.25, -0.2) is 4.68 Å². The number of amides is 1. The molecule has 0 aliphatic heterocycles. The molecule has 3 aromatic heterocycles. The molecular formula is C27H26N6O3S. The SMILES string of the molecule is Cc1ccc(-n2c(SC(C)C(=O)Nc3c(C)n(C)n(-c4ccccc4)c3=O)nnc2-c2ccco2)cc1. The van der Waals surface area contributed by atoms with Gasteiger partial charge >= 0.3 is 0 Å². The molecule has 0 bridgehead atoms. The van der Waals surface area contributed by atoms with Gasteiger partial charge in [0.1, 0.15) is 5.69 Å². The lowest BCUT2D eigenvalue weighted by Crippen LogP contribution is -2.27. The van der Waals surface area contributed by atoms with Crippen LogP contribution in [0.1, 0.15) is 18.2 Å². The van der Waals surface area contributed by atoms with E-state index in [0.29, 0.717) is 22.4 Å². The van der Waals surface area contributed by atoms with Crippen molar-refractivity contribution in [3.8, 4) is 23.0 Å². The van der Waals surface area contributed by atoms with Gasteiger partial charge in [-0.05, 0) is 57.2 Å². The first-order chi connectivity index (χ1) is 17.8. The number of hydrogen-bond donors (Lipinski definition) is 1. The van der Waals surface area contributed by atoms with Crippen LogP contribution < -0.4 is 10.9 Å². The normalized spacial score (nSPS) is 12.0. The molecule has 0 saturated carbocycles. The molecule has 37 heavy (non-hydrogen) atoms. The van der Waals surface area contributed by atoms with Crippen LogP contribution in [0, 0.1) is 13.8 Å². The minimum atomic E-state index is -0.568. The maximum absolute atomic E-state index is 13.2. The van der Waals surface area contributed by atoms with Crippen LogP contribution in [0.3, 0.4) is 0 Å². The van der Waals surface area contributed by atoms with Gasteiger partial charge in [0.15, 0.2) is 10.9 Å². The Kier molecular flexibility index (Phi) is 6.58. The summed E-state index contributed by atoms with van der Waals surface area (Å²) in [6.07, 6.45) is 1.58. The molecule has 0 fully saturated rings. The van der Waals surface area contributed by atoms with E-state index in [4.69, 9.17) is 4.42 Å². The molecule has 0 radical (unpaired) electrons. The zero-order valence-corrected chi connectivity index (χ0v) is 21.7. The zero-order chi connectivity index (χ0) is 26.1. The Hall–Kier alpha value is -4.31. The van der Waals surface area contributed by atoms with E-state index in [-0.39, 0.29) is 17.2 Å². The van der Waals surface area contributed by atoms with Gasteiger partial charge in [0.2, 0.25) is 11.7 Å². The van der Waals surface area contributed by atoms with E-state index in [1.165, 1.54) is 16.4 Å². The number of aromatic nitrogens is 5. The molecule has 188 valence electrons. The highest BCUT2D eigenvalue weighted by Gasteiger charge is 2.25. The van der Waals surface area contributed by atoms with Gasteiger partial charge in [-0.3, -0.25) is 18.8 Å². The van der Waals surface area contributed by atoms with E-state index >= 15 is 0 Å². The van der Waals surface area contributed by atoms with Crippen molar-refractivity contribution in [1.29, 1.82) is 0 Å². The first kappa shape index (κ1) is 24.4. The minimum absolute atomic E-state index is 0.250. The molecule has 0 aliphatic carbocycles. The highest BCUT2D eigenvalue weighted by Crippen LogP contribution is 2.31. The number of para-hydroxylation sites is 1. The molecule has 0 aliphatic rings. The molecule has 0 spiro atoms. The predicted molar refractivity (Wildman–Crippen MR) is 143 cm³/mol.